The number of hydrogen-bond donors (Lipinski definition) is 0. The van der Waals surface area contributed by atoms with Crippen LogP contribution in [0, 0.1) is 0 Å². The topological polar surface area (TPSA) is 43.6 Å². The van der Waals surface area contributed by atoms with Crippen molar-refractivity contribution in [1.29, 1.82) is 0 Å². The van der Waals surface area contributed by atoms with E-state index in [0.717, 1.165) is 22.3 Å². The summed E-state index contributed by atoms with van der Waals surface area (Å²) in [6.07, 6.45) is 0. The first-order valence-corrected chi connectivity index (χ1v) is 15.7. The van der Waals surface area contributed by atoms with E-state index >= 15 is 0 Å². The lowest BCUT2D eigenvalue weighted by atomic mass is 10.0. The summed E-state index contributed by atoms with van der Waals surface area (Å²) in [4.78, 5) is 14.9. The van der Waals surface area contributed by atoms with Gasteiger partial charge in [-0.2, -0.15) is 0 Å². The number of aromatic nitrogens is 4. The second kappa shape index (κ2) is 12.2. The number of rotatable bonds is 6. The van der Waals surface area contributed by atoms with E-state index in [1.54, 1.807) is 34.9 Å². The molecule has 9 rings (SSSR count). The Hall–Kier alpha value is -6.65. The van der Waals surface area contributed by atoms with Crippen molar-refractivity contribution >= 4 is 21.8 Å². The molecule has 0 saturated carbocycles. The maximum Gasteiger partial charge on any atom is 0.166 e. The molecule has 0 atom stereocenters. The summed E-state index contributed by atoms with van der Waals surface area (Å²) in [5.74, 6) is 1.09. The van der Waals surface area contributed by atoms with Crippen LogP contribution in [0.1, 0.15) is 12.3 Å². The highest BCUT2D eigenvalue weighted by atomic mass is 15.1. The molecule has 0 fully saturated rings. The van der Waals surface area contributed by atoms with E-state index < -0.39 is 42.3 Å². The third-order valence-electron chi connectivity index (χ3n) is 8.49. The second-order valence-electron chi connectivity index (χ2n) is 11.4. The van der Waals surface area contributed by atoms with Gasteiger partial charge in [-0.3, -0.25) is 0 Å². The molecule has 2 heterocycles. The summed E-state index contributed by atoms with van der Waals surface area (Å²) >= 11 is 0. The first-order valence-electron chi connectivity index (χ1n) is 20.2. The quantitative estimate of drug-likeness (QED) is 0.183. The Morgan fingerprint density at radius 2 is 0.939 bits per heavy atom. The molecule has 0 unspecified atom stereocenters. The van der Waals surface area contributed by atoms with Gasteiger partial charge in [0.25, 0.3) is 0 Å². The Morgan fingerprint density at radius 3 is 1.69 bits per heavy atom. The smallest absolute Gasteiger partial charge is 0.166 e. The lowest BCUT2D eigenvalue weighted by molar-refractivity contribution is 1.06. The molecule has 0 bridgehead atoms. The van der Waals surface area contributed by atoms with Crippen LogP contribution in [-0.4, -0.2) is 19.5 Å². The fourth-order valence-electron chi connectivity index (χ4n) is 6.24. The van der Waals surface area contributed by atoms with Crippen LogP contribution in [0.15, 0.2) is 182 Å². The van der Waals surface area contributed by atoms with Gasteiger partial charge in [0.2, 0.25) is 0 Å². The lowest BCUT2D eigenvalue weighted by Crippen LogP contribution is -2.04. The van der Waals surface area contributed by atoms with Crippen LogP contribution in [0.5, 0.6) is 0 Å². The zero-order valence-electron chi connectivity index (χ0n) is 34.9. The monoisotopic (exact) mass is 635 g/mol. The van der Waals surface area contributed by atoms with E-state index in [2.05, 4.69) is 0 Å². The fourth-order valence-corrected chi connectivity index (χ4v) is 6.24. The first kappa shape index (κ1) is 20.6. The highest BCUT2D eigenvalue weighted by Crippen LogP contribution is 2.40. The van der Waals surface area contributed by atoms with Gasteiger partial charge in [-0.15, -0.1) is 0 Å². The average molecular weight is 636 g/mol. The second-order valence-corrected chi connectivity index (χ2v) is 11.4. The van der Waals surface area contributed by atoms with Gasteiger partial charge in [-0.05, 0) is 34.9 Å². The standard InChI is InChI=1S/C45H30N4/c1-4-15-31(16-5-1)32-27-29-35(30-28-32)44-46-43(34-19-8-3-9-20-34)47-45(48-44)39-22-11-13-26-41(39)49-40-25-12-10-21-37(40)38-24-14-23-36(42(38)49)33-17-6-2-7-18-33/h1-30H/i2D,6D,7D,10D,12D,17D,18D,21D,25D. The molecule has 49 heavy (non-hydrogen) atoms. The molecule has 0 aliphatic rings. The minimum atomic E-state index is -0.536. The van der Waals surface area contributed by atoms with Crippen LogP contribution in [0.4, 0.5) is 0 Å². The Bertz CT molecular complexity index is 3070. The molecule has 4 heteroatoms. The number of fused-ring (bicyclic) bond motifs is 3. The van der Waals surface area contributed by atoms with E-state index in [1.165, 1.54) is 0 Å². The van der Waals surface area contributed by atoms with Crippen LogP contribution < -0.4 is 0 Å². The molecule has 230 valence electrons. The predicted molar refractivity (Wildman–Crippen MR) is 201 cm³/mol. The summed E-state index contributed by atoms with van der Waals surface area (Å²) in [5.41, 5.74) is 5.15. The summed E-state index contributed by atoms with van der Waals surface area (Å²) in [6, 6.07) is 35.8. The van der Waals surface area contributed by atoms with Crippen molar-refractivity contribution < 1.29 is 12.3 Å². The minimum absolute atomic E-state index is 0.0684. The summed E-state index contributed by atoms with van der Waals surface area (Å²) in [5, 5.41) is 0.616. The SMILES string of the molecule is [2H]c1c([2H])c([2H])c(-c2cccc3c4c([2H])c([2H])c([2H])c([2H])c4n(-c4ccccc4-c4nc(-c5ccccc5)nc(-c5ccc(-c6ccccc6)cc5)n4)c23)c([2H])c1[2H]. The van der Waals surface area contributed by atoms with Crippen molar-refractivity contribution in [2.45, 2.75) is 0 Å². The maximum atomic E-state index is 9.24. The molecular weight excluding hydrogens is 597 g/mol. The van der Waals surface area contributed by atoms with Crippen LogP contribution >= 0.6 is 0 Å². The highest BCUT2D eigenvalue weighted by Gasteiger charge is 2.21. The Morgan fingerprint density at radius 1 is 0.388 bits per heavy atom. The molecule has 7 aromatic carbocycles. The van der Waals surface area contributed by atoms with E-state index in [9.17, 15) is 1.37 Å². The van der Waals surface area contributed by atoms with Crippen molar-refractivity contribution in [3.63, 3.8) is 0 Å². The Labute approximate surface area is 297 Å². The largest absolute Gasteiger partial charge is 0.308 e. The van der Waals surface area contributed by atoms with Crippen LogP contribution in [0.2, 0.25) is 0 Å². The van der Waals surface area contributed by atoms with E-state index in [-0.39, 0.29) is 39.9 Å². The summed E-state index contributed by atoms with van der Waals surface area (Å²) in [6.45, 7) is 0. The number of nitrogens with zero attached hydrogens (tertiary/aromatic N) is 4. The van der Waals surface area contributed by atoms with Crippen LogP contribution in [0.25, 0.3) is 83.9 Å². The van der Waals surface area contributed by atoms with Crippen molar-refractivity contribution in [2.75, 3.05) is 0 Å². The number of hydrogen-bond acceptors (Lipinski definition) is 3. The van der Waals surface area contributed by atoms with Gasteiger partial charge in [0, 0.05) is 33.0 Å². The molecule has 0 amide bonds. The van der Waals surface area contributed by atoms with Gasteiger partial charge in [0.1, 0.15) is 0 Å². The lowest BCUT2D eigenvalue weighted by Gasteiger charge is -2.16. The molecule has 0 aliphatic heterocycles. The normalized spacial score (nSPS) is 13.8. The van der Waals surface area contributed by atoms with Crippen molar-refractivity contribution in [1.82, 2.24) is 19.5 Å². The molecule has 0 radical (unpaired) electrons. The van der Waals surface area contributed by atoms with Gasteiger partial charge in [0.05, 0.1) is 29.1 Å². The highest BCUT2D eigenvalue weighted by molar-refractivity contribution is 6.14. The predicted octanol–water partition coefficient (Wildman–Crippen LogP) is 11.3. The molecule has 9 aromatic rings. The fraction of sp³-hybridized carbons (Fsp3) is 0. The van der Waals surface area contributed by atoms with E-state index in [1.807, 2.05) is 97.1 Å². The van der Waals surface area contributed by atoms with E-state index in [4.69, 9.17) is 25.9 Å². The van der Waals surface area contributed by atoms with Gasteiger partial charge in [0.15, 0.2) is 17.5 Å². The zero-order valence-corrected chi connectivity index (χ0v) is 25.9. The Kier molecular flexibility index (Phi) is 5.11. The van der Waals surface area contributed by atoms with E-state index in [0.29, 0.717) is 33.8 Å². The molecule has 0 spiro atoms. The van der Waals surface area contributed by atoms with Gasteiger partial charge >= 0.3 is 0 Å². The molecule has 4 nitrogen and oxygen atoms in total. The van der Waals surface area contributed by atoms with Crippen LogP contribution in [0.3, 0.4) is 0 Å². The number of para-hydroxylation sites is 3. The minimum Gasteiger partial charge on any atom is -0.308 e. The zero-order chi connectivity index (χ0) is 40.4. The van der Waals surface area contributed by atoms with Gasteiger partial charge < -0.3 is 4.57 Å². The van der Waals surface area contributed by atoms with Gasteiger partial charge in [-0.1, -0.05) is 164 Å². The summed E-state index contributed by atoms with van der Waals surface area (Å²) < 4.78 is 80.4. The average Bonchev–Trinajstić information content (AvgIpc) is 3.63. The molecule has 2 aromatic heterocycles. The van der Waals surface area contributed by atoms with Gasteiger partial charge in [-0.25, -0.2) is 15.0 Å². The van der Waals surface area contributed by atoms with Crippen molar-refractivity contribution in [3.8, 4) is 62.1 Å². The summed E-state index contributed by atoms with van der Waals surface area (Å²) in [7, 11) is 0. The van der Waals surface area contributed by atoms with Crippen LogP contribution in [-0.2, 0) is 0 Å². The third-order valence-corrected chi connectivity index (χ3v) is 8.49. The molecule has 0 saturated heterocycles. The Balaban J connectivity index is 1.36. The van der Waals surface area contributed by atoms with Crippen molar-refractivity contribution in [3.05, 3.63) is 182 Å². The number of benzene rings is 7. The molecule has 0 N–H and O–H groups in total. The molecule has 0 aliphatic carbocycles. The maximum absolute atomic E-state index is 9.24. The third kappa shape index (κ3) is 5.16. The first-order chi connectivity index (χ1) is 28.0. The van der Waals surface area contributed by atoms with Crippen molar-refractivity contribution in [2.24, 2.45) is 0 Å². The molecular formula is C45H30N4.